The van der Waals surface area contributed by atoms with Gasteiger partial charge in [0.1, 0.15) is 5.01 Å². The Morgan fingerprint density at radius 2 is 1.44 bits per heavy atom. The van der Waals surface area contributed by atoms with Gasteiger partial charge in [-0.25, -0.2) is 4.98 Å². The topological polar surface area (TPSA) is 19.4 Å². The van der Waals surface area contributed by atoms with Crippen LogP contribution < -0.4 is 0 Å². The molecule has 1 saturated heterocycles. The minimum absolute atomic E-state index is 0.959. The van der Waals surface area contributed by atoms with Gasteiger partial charge in [-0.1, -0.05) is 48.5 Å². The van der Waals surface area contributed by atoms with Crippen molar-refractivity contribution in [1.82, 2.24) is 14.8 Å². The van der Waals surface area contributed by atoms with Gasteiger partial charge < -0.3 is 0 Å². The zero-order chi connectivity index (χ0) is 18.6. The third kappa shape index (κ3) is 4.46. The van der Waals surface area contributed by atoms with E-state index in [2.05, 4.69) is 77.6 Å². The molecule has 1 fully saturated rings. The van der Waals surface area contributed by atoms with Crippen LogP contribution in [0.1, 0.15) is 22.4 Å². The zero-order valence-corrected chi connectivity index (χ0v) is 17.0. The number of hydrogen-bond acceptors (Lipinski definition) is 4. The van der Waals surface area contributed by atoms with Crippen LogP contribution in [0.15, 0.2) is 53.9 Å². The summed E-state index contributed by atoms with van der Waals surface area (Å²) in [5.41, 5.74) is 6.60. The molecule has 2 heterocycles. The average Bonchev–Trinajstić information content (AvgIpc) is 3.14. The van der Waals surface area contributed by atoms with E-state index in [0.717, 1.165) is 44.3 Å². The fourth-order valence-corrected chi connectivity index (χ4v) is 4.58. The maximum absolute atomic E-state index is 4.90. The van der Waals surface area contributed by atoms with E-state index in [-0.39, 0.29) is 0 Å². The first-order valence-corrected chi connectivity index (χ1v) is 10.6. The second-order valence-electron chi connectivity index (χ2n) is 7.44. The Hall–Kier alpha value is -2.01. The highest BCUT2D eigenvalue weighted by atomic mass is 32.1. The highest BCUT2D eigenvalue weighted by Gasteiger charge is 2.18. The second kappa shape index (κ2) is 8.34. The molecule has 0 bridgehead atoms. The fourth-order valence-electron chi connectivity index (χ4n) is 3.68. The standard InChI is InChI=1S/C23H27N3S/c1-18-7-3-5-9-20(18)15-25-11-13-26(14-12-25)16-21-17-27-23(24-21)22-10-6-4-8-19(22)2/h3-10,17H,11-16H2,1-2H3. The summed E-state index contributed by atoms with van der Waals surface area (Å²) in [5, 5.41) is 3.36. The van der Waals surface area contributed by atoms with E-state index in [1.165, 1.54) is 27.9 Å². The van der Waals surface area contributed by atoms with E-state index in [1.807, 2.05) is 0 Å². The van der Waals surface area contributed by atoms with Gasteiger partial charge in [-0.05, 0) is 30.5 Å². The molecule has 3 aromatic rings. The molecule has 0 N–H and O–H groups in total. The summed E-state index contributed by atoms with van der Waals surface area (Å²) in [4.78, 5) is 10.00. The summed E-state index contributed by atoms with van der Waals surface area (Å²) in [6.07, 6.45) is 0. The number of rotatable bonds is 5. The van der Waals surface area contributed by atoms with Gasteiger partial charge in [-0.15, -0.1) is 11.3 Å². The zero-order valence-electron chi connectivity index (χ0n) is 16.2. The maximum atomic E-state index is 4.90. The molecule has 0 aliphatic carbocycles. The molecule has 0 spiro atoms. The van der Waals surface area contributed by atoms with Crippen molar-refractivity contribution in [3.63, 3.8) is 0 Å². The van der Waals surface area contributed by atoms with Crippen LogP contribution in [0.4, 0.5) is 0 Å². The predicted octanol–water partition coefficient (Wildman–Crippen LogP) is 4.74. The third-order valence-corrected chi connectivity index (χ3v) is 6.36. The molecular weight excluding hydrogens is 350 g/mol. The van der Waals surface area contributed by atoms with Crippen molar-refractivity contribution in [3.05, 3.63) is 76.3 Å². The van der Waals surface area contributed by atoms with Crippen LogP contribution >= 0.6 is 11.3 Å². The van der Waals surface area contributed by atoms with Crippen LogP contribution in [0, 0.1) is 13.8 Å². The summed E-state index contributed by atoms with van der Waals surface area (Å²) < 4.78 is 0. The van der Waals surface area contributed by atoms with Gasteiger partial charge >= 0.3 is 0 Å². The predicted molar refractivity (Wildman–Crippen MR) is 114 cm³/mol. The number of aryl methyl sites for hydroxylation is 2. The van der Waals surface area contributed by atoms with Gasteiger partial charge in [-0.3, -0.25) is 9.80 Å². The second-order valence-corrected chi connectivity index (χ2v) is 8.30. The minimum Gasteiger partial charge on any atom is -0.297 e. The Morgan fingerprint density at radius 1 is 0.815 bits per heavy atom. The van der Waals surface area contributed by atoms with Gasteiger partial charge in [0.25, 0.3) is 0 Å². The highest BCUT2D eigenvalue weighted by molar-refractivity contribution is 7.13. The Kier molecular flexibility index (Phi) is 5.67. The van der Waals surface area contributed by atoms with Crippen LogP contribution in [-0.4, -0.2) is 41.0 Å². The first-order chi connectivity index (χ1) is 13.2. The Labute approximate surface area is 166 Å². The summed E-state index contributed by atoms with van der Waals surface area (Å²) in [7, 11) is 0. The quantitative estimate of drug-likeness (QED) is 0.640. The van der Waals surface area contributed by atoms with Crippen LogP contribution in [-0.2, 0) is 13.1 Å². The van der Waals surface area contributed by atoms with Gasteiger partial charge in [0.2, 0.25) is 0 Å². The van der Waals surface area contributed by atoms with Crippen molar-refractivity contribution >= 4 is 11.3 Å². The molecule has 140 valence electrons. The van der Waals surface area contributed by atoms with E-state index < -0.39 is 0 Å². The van der Waals surface area contributed by atoms with Gasteiger partial charge in [0.15, 0.2) is 0 Å². The molecule has 0 radical (unpaired) electrons. The molecule has 2 aromatic carbocycles. The molecule has 4 rings (SSSR count). The molecule has 27 heavy (non-hydrogen) atoms. The smallest absolute Gasteiger partial charge is 0.123 e. The molecule has 1 aliphatic heterocycles. The molecule has 4 heteroatoms. The van der Waals surface area contributed by atoms with E-state index in [1.54, 1.807) is 11.3 Å². The third-order valence-electron chi connectivity index (χ3n) is 5.43. The lowest BCUT2D eigenvalue weighted by Gasteiger charge is -2.34. The Bertz CT molecular complexity index is 894. The lowest BCUT2D eigenvalue weighted by molar-refractivity contribution is 0.121. The number of hydrogen-bond donors (Lipinski definition) is 0. The summed E-state index contributed by atoms with van der Waals surface area (Å²) in [5.74, 6) is 0. The van der Waals surface area contributed by atoms with Crippen molar-refractivity contribution < 1.29 is 0 Å². The SMILES string of the molecule is Cc1ccccc1CN1CCN(Cc2csc(-c3ccccc3C)n2)CC1. The molecule has 3 nitrogen and oxygen atoms in total. The van der Waals surface area contributed by atoms with Gasteiger partial charge in [0.05, 0.1) is 5.69 Å². The van der Waals surface area contributed by atoms with Gasteiger partial charge in [0, 0.05) is 50.2 Å². The van der Waals surface area contributed by atoms with E-state index in [0.29, 0.717) is 0 Å². The monoisotopic (exact) mass is 377 g/mol. The maximum Gasteiger partial charge on any atom is 0.123 e. The largest absolute Gasteiger partial charge is 0.297 e. The normalized spacial score (nSPS) is 15.9. The lowest BCUT2D eigenvalue weighted by Crippen LogP contribution is -2.45. The van der Waals surface area contributed by atoms with E-state index in [4.69, 9.17) is 4.98 Å². The summed E-state index contributed by atoms with van der Waals surface area (Å²) in [6.45, 7) is 10.9. The molecule has 0 amide bonds. The number of piperazine rings is 1. The molecule has 0 saturated carbocycles. The molecule has 0 atom stereocenters. The molecule has 0 unspecified atom stereocenters. The highest BCUT2D eigenvalue weighted by Crippen LogP contribution is 2.27. The van der Waals surface area contributed by atoms with Gasteiger partial charge in [-0.2, -0.15) is 0 Å². The first kappa shape index (κ1) is 18.4. The van der Waals surface area contributed by atoms with E-state index >= 15 is 0 Å². The van der Waals surface area contributed by atoms with Crippen LogP contribution in [0.2, 0.25) is 0 Å². The van der Waals surface area contributed by atoms with Crippen molar-refractivity contribution in [2.45, 2.75) is 26.9 Å². The Balaban J connectivity index is 1.32. The molecule has 1 aliphatic rings. The number of nitrogens with zero attached hydrogens (tertiary/aromatic N) is 3. The lowest BCUT2D eigenvalue weighted by atomic mass is 10.1. The number of aromatic nitrogens is 1. The van der Waals surface area contributed by atoms with Crippen LogP contribution in [0.3, 0.4) is 0 Å². The average molecular weight is 378 g/mol. The first-order valence-electron chi connectivity index (χ1n) is 9.68. The minimum atomic E-state index is 0.959. The summed E-state index contributed by atoms with van der Waals surface area (Å²) >= 11 is 1.76. The van der Waals surface area contributed by atoms with Crippen molar-refractivity contribution in [2.75, 3.05) is 26.2 Å². The van der Waals surface area contributed by atoms with Crippen molar-refractivity contribution in [1.29, 1.82) is 0 Å². The molecular formula is C23H27N3S. The van der Waals surface area contributed by atoms with Crippen LogP contribution in [0.5, 0.6) is 0 Å². The van der Waals surface area contributed by atoms with Crippen molar-refractivity contribution in [2.24, 2.45) is 0 Å². The summed E-state index contributed by atoms with van der Waals surface area (Å²) in [6, 6.07) is 17.2. The van der Waals surface area contributed by atoms with Crippen molar-refractivity contribution in [3.8, 4) is 10.6 Å². The fraction of sp³-hybridized carbons (Fsp3) is 0.348. The number of benzene rings is 2. The number of thiazole rings is 1. The molecule has 1 aromatic heterocycles. The van der Waals surface area contributed by atoms with Crippen LogP contribution in [0.25, 0.3) is 10.6 Å². The van der Waals surface area contributed by atoms with E-state index in [9.17, 15) is 0 Å². The Morgan fingerprint density at radius 3 is 2.15 bits per heavy atom.